The van der Waals surface area contributed by atoms with E-state index in [1.165, 1.54) is 35.0 Å². The van der Waals surface area contributed by atoms with Gasteiger partial charge in [0.15, 0.2) is 0 Å². The summed E-state index contributed by atoms with van der Waals surface area (Å²) in [5, 5.41) is 6.53. The summed E-state index contributed by atoms with van der Waals surface area (Å²) in [7, 11) is -11.2. The number of hydrogen-bond acceptors (Lipinski definition) is 13. The summed E-state index contributed by atoms with van der Waals surface area (Å²) < 4.78 is 105. The van der Waals surface area contributed by atoms with Gasteiger partial charge in [0.25, 0.3) is 25.8 Å². The third kappa shape index (κ3) is 13.6. The zero-order valence-corrected chi connectivity index (χ0v) is 45.7. The number of rotatable bonds is 15. The molecule has 0 unspecified atom stereocenters. The number of allylic oxidation sites excluding steroid dienone is 1. The molecule has 0 bridgehead atoms. The van der Waals surface area contributed by atoms with E-state index in [1.807, 2.05) is 64.2 Å². The number of alkyl halides is 3. The Bertz CT molecular complexity index is 3040. The molecule has 1 aliphatic carbocycles. The number of carbonyl (C=O) groups excluding carboxylic acids is 3. The van der Waals surface area contributed by atoms with E-state index in [1.54, 1.807) is 31.7 Å². The van der Waals surface area contributed by atoms with Crippen molar-refractivity contribution in [2.45, 2.75) is 98.2 Å². The van der Waals surface area contributed by atoms with Crippen molar-refractivity contribution >= 4 is 83.8 Å². The number of halogens is 4. The van der Waals surface area contributed by atoms with Crippen LogP contribution in [-0.2, 0) is 29.4 Å². The Labute approximate surface area is 446 Å². The van der Waals surface area contributed by atoms with Gasteiger partial charge in [0.2, 0.25) is 5.91 Å². The predicted molar refractivity (Wildman–Crippen MR) is 286 cm³/mol. The molecule has 3 amide bonds. The van der Waals surface area contributed by atoms with Crippen LogP contribution in [0.5, 0.6) is 0 Å². The minimum atomic E-state index is -6.16. The van der Waals surface area contributed by atoms with Crippen LogP contribution in [-0.4, -0.2) is 137 Å². The molecule has 4 aliphatic rings. The lowest BCUT2D eigenvalue weighted by Crippen LogP contribution is -2.60. The number of amides is 3. The van der Waals surface area contributed by atoms with Crippen LogP contribution in [0.1, 0.15) is 76.2 Å². The van der Waals surface area contributed by atoms with Gasteiger partial charge in [-0.25, -0.2) is 26.4 Å². The van der Waals surface area contributed by atoms with Gasteiger partial charge in [0.05, 0.1) is 22.0 Å². The van der Waals surface area contributed by atoms with Gasteiger partial charge in [-0.15, -0.1) is 11.8 Å². The Hall–Kier alpha value is -5.32. The van der Waals surface area contributed by atoms with Gasteiger partial charge in [0.1, 0.15) is 16.5 Å². The number of sulfonamides is 1. The summed E-state index contributed by atoms with van der Waals surface area (Å²) >= 11 is 7.61. The maximum atomic E-state index is 14.4. The number of carbonyl (C=O) groups is 3. The first kappa shape index (κ1) is 55.9. The molecule has 404 valence electrons. The van der Waals surface area contributed by atoms with Gasteiger partial charge in [0, 0.05) is 86.2 Å². The first-order chi connectivity index (χ1) is 35.2. The molecule has 3 aliphatic heterocycles. The number of hydrogen-bond donors (Lipinski definition) is 3. The van der Waals surface area contributed by atoms with Gasteiger partial charge in [-0.1, -0.05) is 61.4 Å². The maximum Gasteiger partial charge on any atom is 0.501 e. The molecule has 4 aromatic rings. The van der Waals surface area contributed by atoms with E-state index in [0.29, 0.717) is 82.1 Å². The average molecular weight is 1110 g/mol. The van der Waals surface area contributed by atoms with Crippen LogP contribution in [0.25, 0.3) is 5.57 Å². The van der Waals surface area contributed by atoms with Crippen molar-refractivity contribution in [1.82, 2.24) is 19.4 Å². The van der Waals surface area contributed by atoms with Crippen molar-refractivity contribution in [1.29, 1.82) is 0 Å². The summed E-state index contributed by atoms with van der Waals surface area (Å²) in [6.07, 6.45) is 2.79. The molecule has 2 fully saturated rings. The first-order valence-corrected chi connectivity index (χ1v) is 29.2. The van der Waals surface area contributed by atoms with E-state index in [2.05, 4.69) is 34.3 Å². The van der Waals surface area contributed by atoms with Crippen LogP contribution in [0.4, 0.5) is 35.0 Å². The smallest absolute Gasteiger partial charge is 0.444 e. The van der Waals surface area contributed by atoms with Crippen molar-refractivity contribution in [3.8, 4) is 0 Å². The molecule has 2 atom stereocenters. The van der Waals surface area contributed by atoms with Crippen LogP contribution in [0.15, 0.2) is 111 Å². The highest BCUT2D eigenvalue weighted by atomic mass is 35.5. The Morgan fingerprint density at radius 1 is 0.893 bits per heavy atom. The van der Waals surface area contributed by atoms with E-state index < -0.39 is 70.5 Å². The number of piperazine rings is 2. The minimum absolute atomic E-state index is 0.121. The molecule has 22 heteroatoms. The fourth-order valence-electron chi connectivity index (χ4n) is 9.90. The average Bonchev–Trinajstić information content (AvgIpc) is 3.34. The normalized spacial score (nSPS) is 19.2. The fraction of sp³-hybridized carbons (Fsp3) is 0.453. The number of nitrogens with zero attached hydrogens (tertiary/aromatic N) is 4. The topological polar surface area (TPSA) is 178 Å². The van der Waals surface area contributed by atoms with Crippen molar-refractivity contribution in [3.63, 3.8) is 0 Å². The summed E-state index contributed by atoms with van der Waals surface area (Å²) in [5.74, 6) is -1.18. The van der Waals surface area contributed by atoms with Gasteiger partial charge in [-0.2, -0.15) is 13.2 Å². The van der Waals surface area contributed by atoms with Gasteiger partial charge < -0.3 is 25.2 Å². The number of benzene rings is 4. The number of nitrogens with one attached hydrogen (secondary N) is 3. The van der Waals surface area contributed by atoms with Crippen LogP contribution >= 0.6 is 23.4 Å². The maximum absolute atomic E-state index is 14.4. The van der Waals surface area contributed by atoms with Crippen LogP contribution in [0, 0.1) is 5.41 Å². The third-order valence-corrected chi connectivity index (χ3v) is 18.1. The van der Waals surface area contributed by atoms with Gasteiger partial charge >= 0.3 is 11.6 Å². The van der Waals surface area contributed by atoms with Crippen LogP contribution in [0.3, 0.4) is 0 Å². The number of sulfone groups is 1. The highest BCUT2D eigenvalue weighted by molar-refractivity contribution is 7.99. The number of ether oxygens (including phenoxy) is 1. The number of anilines is 3. The number of thioether (sulfide) groups is 1. The quantitative estimate of drug-likeness (QED) is 0.0961. The molecule has 0 aromatic heterocycles. The van der Waals surface area contributed by atoms with Crippen molar-refractivity contribution in [3.05, 3.63) is 113 Å². The molecular formula is C53H63ClF3N7O8S3. The molecule has 0 spiro atoms. The molecule has 3 N–H and O–H groups in total. The molecule has 3 heterocycles. The van der Waals surface area contributed by atoms with Crippen molar-refractivity contribution < 1.29 is 49.1 Å². The molecule has 8 rings (SSSR count). The Morgan fingerprint density at radius 3 is 2.27 bits per heavy atom. The second-order valence-corrected chi connectivity index (χ2v) is 26.3. The number of fused-ring (bicyclic) bond motifs is 3. The summed E-state index contributed by atoms with van der Waals surface area (Å²) in [6, 6.07) is 22.5. The largest absolute Gasteiger partial charge is 0.501 e. The van der Waals surface area contributed by atoms with E-state index in [9.17, 15) is 44.4 Å². The Kier molecular flexibility index (Phi) is 16.6. The summed E-state index contributed by atoms with van der Waals surface area (Å²) in [5.41, 5.74) is -2.35. The van der Waals surface area contributed by atoms with Gasteiger partial charge in [-0.3, -0.25) is 19.4 Å². The summed E-state index contributed by atoms with van der Waals surface area (Å²) in [6.45, 7) is 14.3. The second kappa shape index (κ2) is 22.3. The Morgan fingerprint density at radius 2 is 1.59 bits per heavy atom. The van der Waals surface area contributed by atoms with Crippen LogP contribution in [0.2, 0.25) is 5.02 Å². The molecule has 75 heavy (non-hydrogen) atoms. The second-order valence-electron chi connectivity index (χ2n) is 21.2. The lowest BCUT2D eigenvalue weighted by Gasteiger charge is -2.46. The van der Waals surface area contributed by atoms with Gasteiger partial charge in [-0.05, 0) is 124 Å². The lowest BCUT2D eigenvalue weighted by atomic mass is 9.72. The van der Waals surface area contributed by atoms with E-state index >= 15 is 0 Å². The fourth-order valence-corrected chi connectivity index (χ4v) is 13.0. The predicted octanol–water partition coefficient (Wildman–Crippen LogP) is 9.37. The molecule has 0 saturated carbocycles. The zero-order chi connectivity index (χ0) is 54.1. The third-order valence-electron chi connectivity index (χ3n) is 13.8. The highest BCUT2D eigenvalue weighted by Crippen LogP contribution is 2.44. The lowest BCUT2D eigenvalue weighted by molar-refractivity contribution is -0.118. The zero-order valence-electron chi connectivity index (χ0n) is 42.5. The standard InChI is InChI=1S/C53H63ClF3N7O8S3/c1-51(2,3)72-50(67)63-26-23-61(24-27-63)22-20-39(34-73-40-9-7-6-8-10-40)58-43-17-16-41(30-47(43)74(68,69)53(55,56)57)75(70,71)60-48(65)36-13-18-45-44(29-36)59-49(66)46-33-62(25-28-64(45)46)32-37-31-52(4,5)21-19-42(37)35-11-14-38(54)15-12-35/h6-18,29-30,39,46,58H,19-28,31-34H2,1-5H3,(H,59,66)(H,60,65)/t39-,46+/m1/s1. The Balaban J connectivity index is 0.964. The molecule has 2 saturated heterocycles. The SMILES string of the molecule is CC1(C)CCC(c2ccc(Cl)cc2)=C(CN2CCN3c4ccc(C(=O)NS(=O)(=O)c5ccc(N[C@H](CCN6CCN(C(=O)OC(C)(C)C)CC6)CSc6ccccc6)c(S(=O)(=O)C(F)(F)F)c5)cc4NC(=O)[C@@H]3C2)C1. The van der Waals surface area contributed by atoms with Crippen LogP contribution < -0.4 is 20.3 Å². The van der Waals surface area contributed by atoms with Crippen molar-refractivity contribution in [2.75, 3.05) is 80.2 Å². The molecule has 0 radical (unpaired) electrons. The molecule has 15 nitrogen and oxygen atoms in total. The van der Waals surface area contributed by atoms with Crippen molar-refractivity contribution in [2.24, 2.45) is 5.41 Å². The molecule has 4 aromatic carbocycles. The van der Waals surface area contributed by atoms with E-state index in [-0.39, 0.29) is 28.3 Å². The van der Waals surface area contributed by atoms with E-state index in [4.69, 9.17) is 16.3 Å². The summed E-state index contributed by atoms with van der Waals surface area (Å²) in [4.78, 5) is 46.6. The first-order valence-electron chi connectivity index (χ1n) is 24.8. The van der Waals surface area contributed by atoms with E-state index in [0.717, 1.165) is 41.9 Å². The monoisotopic (exact) mass is 1110 g/mol. The molecular weight excluding hydrogens is 1050 g/mol. The minimum Gasteiger partial charge on any atom is -0.444 e. The highest BCUT2D eigenvalue weighted by Gasteiger charge is 2.49.